The van der Waals surface area contributed by atoms with E-state index < -0.39 is 13.0 Å². The molecular weight excluding hydrogens is 347 g/mol. The van der Waals surface area contributed by atoms with Gasteiger partial charge in [0, 0.05) is 23.4 Å². The van der Waals surface area contributed by atoms with Crippen LogP contribution in [0.25, 0.3) is 5.57 Å². The van der Waals surface area contributed by atoms with E-state index in [9.17, 15) is 5.11 Å². The summed E-state index contributed by atoms with van der Waals surface area (Å²) in [7, 11) is 0. The molecule has 2 rings (SSSR count). The summed E-state index contributed by atoms with van der Waals surface area (Å²) in [5.41, 5.74) is 1.56. The van der Waals surface area contributed by atoms with E-state index in [-0.39, 0.29) is 5.03 Å². The average Bonchev–Trinajstić information content (AvgIpc) is 2.45. The van der Waals surface area contributed by atoms with Gasteiger partial charge in [-0.3, -0.25) is 9.05 Å². The highest BCUT2D eigenvalue weighted by Crippen LogP contribution is 2.51. The van der Waals surface area contributed by atoms with Crippen LogP contribution in [0.5, 0.6) is 11.5 Å². The fourth-order valence-corrected chi connectivity index (χ4v) is 4.21. The van der Waals surface area contributed by atoms with Gasteiger partial charge >= 0.3 is 6.72 Å². The van der Waals surface area contributed by atoms with Crippen LogP contribution in [0.1, 0.15) is 26.3 Å². The zero-order chi connectivity index (χ0) is 16.3. The first-order valence-corrected chi connectivity index (χ1v) is 9.77. The van der Waals surface area contributed by atoms with Gasteiger partial charge in [-0.25, -0.2) is 0 Å². The van der Waals surface area contributed by atoms with Gasteiger partial charge in [0.1, 0.15) is 11.5 Å². The Labute approximate surface area is 140 Å². The van der Waals surface area contributed by atoms with E-state index in [0.717, 1.165) is 11.1 Å². The fourth-order valence-electron chi connectivity index (χ4n) is 1.99. The molecule has 1 aromatic carbocycles. The van der Waals surface area contributed by atoms with Crippen molar-refractivity contribution in [2.75, 3.05) is 13.2 Å². The van der Waals surface area contributed by atoms with Gasteiger partial charge in [0.05, 0.1) is 18.2 Å². The average molecular weight is 365 g/mol. The van der Waals surface area contributed by atoms with Crippen LogP contribution in [-0.2, 0) is 20.9 Å². The quantitative estimate of drug-likeness (QED) is 0.769. The van der Waals surface area contributed by atoms with Crippen molar-refractivity contribution in [2.24, 2.45) is 0 Å². The molecule has 1 atom stereocenters. The normalized spacial score (nSPS) is 18.0. The topological polar surface area (TPSA) is 57.2 Å². The van der Waals surface area contributed by atoms with Crippen molar-refractivity contribution in [1.82, 2.24) is 0 Å². The molecule has 122 valence electrons. The molecule has 1 unspecified atom stereocenters. The molecule has 1 aromatic rings. The number of hydrogen-bond acceptors (Lipinski definition) is 6. The number of aliphatic hydroxyl groups is 1. The van der Waals surface area contributed by atoms with Gasteiger partial charge in [-0.05, 0) is 38.5 Å². The molecule has 0 spiro atoms. The molecule has 1 aliphatic heterocycles. The summed E-state index contributed by atoms with van der Waals surface area (Å²) in [5.74, 6) is 0.934. The van der Waals surface area contributed by atoms with E-state index in [0.29, 0.717) is 24.7 Å². The summed E-state index contributed by atoms with van der Waals surface area (Å²) in [4.78, 5) is 0. The summed E-state index contributed by atoms with van der Waals surface area (Å²) < 4.78 is 22.0. The predicted molar refractivity (Wildman–Crippen MR) is 89.7 cm³/mol. The van der Waals surface area contributed by atoms with Crippen LogP contribution in [-0.4, -0.2) is 24.6 Å². The van der Waals surface area contributed by atoms with Gasteiger partial charge in [-0.1, -0.05) is 11.6 Å². The second-order valence-electron chi connectivity index (χ2n) is 4.48. The molecule has 0 radical (unpaired) electrons. The van der Waals surface area contributed by atoms with Crippen LogP contribution >= 0.6 is 18.3 Å². The van der Waals surface area contributed by atoms with Gasteiger partial charge in [-0.15, -0.1) is 0 Å². The minimum atomic E-state index is -2.84. The lowest BCUT2D eigenvalue weighted by molar-refractivity contribution is 0.0184. The smallest absolute Gasteiger partial charge is 0.380 e. The first-order valence-electron chi connectivity index (χ1n) is 6.84. The van der Waals surface area contributed by atoms with Gasteiger partial charge in [0.25, 0.3) is 0 Å². The van der Waals surface area contributed by atoms with Gasteiger partial charge in [0.15, 0.2) is 0 Å². The van der Waals surface area contributed by atoms with Crippen LogP contribution in [0, 0.1) is 0 Å². The van der Waals surface area contributed by atoms with Gasteiger partial charge in [-0.2, -0.15) is 0 Å². The number of allylic oxidation sites excluding steroid dienone is 1. The van der Waals surface area contributed by atoms with Gasteiger partial charge < -0.3 is 14.4 Å². The van der Waals surface area contributed by atoms with Crippen LogP contribution in [0.4, 0.5) is 0 Å². The van der Waals surface area contributed by atoms with E-state index in [1.807, 2.05) is 20.8 Å². The minimum absolute atomic E-state index is 0.273. The number of aliphatic hydroxyl groups excluding tert-OH is 1. The van der Waals surface area contributed by atoms with E-state index >= 15 is 0 Å². The Balaban J connectivity index is 2.29. The van der Waals surface area contributed by atoms with E-state index in [1.165, 1.54) is 0 Å². The van der Waals surface area contributed by atoms with Crippen molar-refractivity contribution >= 4 is 35.7 Å². The molecule has 22 heavy (non-hydrogen) atoms. The SMILES string of the molecule is CCOP(=S)(OCC)Oc1ccc2c(c1)OC(O)C(Cl)=C2C. The highest BCUT2D eigenvalue weighted by Gasteiger charge is 2.26. The summed E-state index contributed by atoms with van der Waals surface area (Å²) >= 11 is 11.3. The Bertz CT molecular complexity index is 624. The van der Waals surface area contributed by atoms with Crippen molar-refractivity contribution in [3.05, 3.63) is 28.8 Å². The Morgan fingerprint density at radius 3 is 2.55 bits per heavy atom. The maximum absolute atomic E-state index is 9.77. The zero-order valence-electron chi connectivity index (χ0n) is 12.5. The third-order valence-electron chi connectivity index (χ3n) is 2.96. The molecule has 0 aliphatic carbocycles. The third-order valence-corrected chi connectivity index (χ3v) is 5.87. The molecule has 1 N–H and O–H groups in total. The zero-order valence-corrected chi connectivity index (χ0v) is 15.0. The van der Waals surface area contributed by atoms with E-state index in [4.69, 9.17) is 41.7 Å². The molecule has 0 fully saturated rings. The van der Waals surface area contributed by atoms with Crippen LogP contribution < -0.4 is 9.26 Å². The maximum atomic E-state index is 9.77. The van der Waals surface area contributed by atoms with E-state index in [1.54, 1.807) is 18.2 Å². The van der Waals surface area contributed by atoms with Crippen molar-refractivity contribution in [1.29, 1.82) is 0 Å². The Morgan fingerprint density at radius 1 is 1.32 bits per heavy atom. The maximum Gasteiger partial charge on any atom is 0.380 e. The lowest BCUT2D eigenvalue weighted by Crippen LogP contribution is -2.21. The molecule has 8 heteroatoms. The first kappa shape index (κ1) is 17.7. The molecule has 0 bridgehead atoms. The number of fused-ring (bicyclic) bond motifs is 1. The number of hydrogen-bond donors (Lipinski definition) is 1. The Hall–Kier alpha value is -0.620. The van der Waals surface area contributed by atoms with Crippen LogP contribution in [0.15, 0.2) is 23.2 Å². The highest BCUT2D eigenvalue weighted by atomic mass is 35.5. The van der Waals surface area contributed by atoms with Gasteiger partial charge in [0.2, 0.25) is 6.29 Å². The second kappa shape index (κ2) is 7.30. The Morgan fingerprint density at radius 2 is 1.95 bits per heavy atom. The first-order chi connectivity index (χ1) is 10.4. The van der Waals surface area contributed by atoms with Crippen molar-refractivity contribution in [3.63, 3.8) is 0 Å². The Kier molecular flexibility index (Phi) is 5.88. The monoisotopic (exact) mass is 364 g/mol. The van der Waals surface area contributed by atoms with Crippen LogP contribution in [0.2, 0.25) is 0 Å². The van der Waals surface area contributed by atoms with Crippen molar-refractivity contribution in [2.45, 2.75) is 27.1 Å². The third kappa shape index (κ3) is 3.82. The lowest BCUT2D eigenvalue weighted by Gasteiger charge is -2.25. The highest BCUT2D eigenvalue weighted by molar-refractivity contribution is 8.07. The standard InChI is InChI=1S/C14H18ClO5PS/c1-4-17-21(22,18-5-2)20-10-6-7-11-9(3)13(15)14(16)19-12(11)8-10/h6-8,14,16H,4-5H2,1-3H3. The molecule has 0 amide bonds. The molecular formula is C14H18ClO5PS. The van der Waals surface area contributed by atoms with E-state index in [2.05, 4.69) is 0 Å². The number of rotatable bonds is 6. The predicted octanol–water partition coefficient (Wildman–Crippen LogP) is 4.04. The summed E-state index contributed by atoms with van der Waals surface area (Å²) in [6.07, 6.45) is -1.17. The molecule has 1 aliphatic rings. The molecule has 5 nitrogen and oxygen atoms in total. The molecule has 0 aromatic heterocycles. The number of halogens is 1. The molecule has 1 heterocycles. The number of ether oxygens (including phenoxy) is 1. The van der Waals surface area contributed by atoms with Crippen LogP contribution in [0.3, 0.4) is 0 Å². The van der Waals surface area contributed by atoms with Crippen molar-refractivity contribution < 1.29 is 23.4 Å². The summed E-state index contributed by atoms with van der Waals surface area (Å²) in [6.45, 7) is 3.42. The summed E-state index contributed by atoms with van der Waals surface area (Å²) in [6, 6.07) is 5.18. The summed E-state index contributed by atoms with van der Waals surface area (Å²) in [5, 5.41) is 10.0. The largest absolute Gasteiger partial charge is 0.459 e. The molecule has 0 saturated heterocycles. The molecule has 0 saturated carbocycles. The lowest BCUT2D eigenvalue weighted by atomic mass is 10.0. The fraction of sp³-hybridized carbons (Fsp3) is 0.429. The minimum Gasteiger partial charge on any atom is -0.459 e. The second-order valence-corrected chi connectivity index (χ2v) is 7.82. The van der Waals surface area contributed by atoms with Crippen molar-refractivity contribution in [3.8, 4) is 11.5 Å². The number of benzene rings is 1.